The summed E-state index contributed by atoms with van der Waals surface area (Å²) in [6.07, 6.45) is 2.92. The summed E-state index contributed by atoms with van der Waals surface area (Å²) < 4.78 is 16.3. The highest BCUT2D eigenvalue weighted by molar-refractivity contribution is 7.92. The molecule has 0 aliphatic carbocycles. The average molecular weight is 404 g/mol. The van der Waals surface area contributed by atoms with E-state index in [2.05, 4.69) is 14.7 Å². The molecule has 0 unspecified atom stereocenters. The molecule has 0 radical (unpaired) electrons. The number of nitrogens with zero attached hydrogens (tertiary/aromatic N) is 2. The number of benzene rings is 1. The lowest BCUT2D eigenvalue weighted by atomic mass is 10.1. The lowest BCUT2D eigenvalue weighted by molar-refractivity contribution is 0.100. The van der Waals surface area contributed by atoms with Gasteiger partial charge in [-0.3, -0.25) is 10.1 Å². The molecule has 2 amide bonds. The van der Waals surface area contributed by atoms with Crippen molar-refractivity contribution in [2.75, 3.05) is 23.6 Å². The van der Waals surface area contributed by atoms with Gasteiger partial charge in [0.05, 0.1) is 5.56 Å². The molecule has 3 aromatic rings. The predicted octanol–water partition coefficient (Wildman–Crippen LogP) is 3.50. The van der Waals surface area contributed by atoms with Gasteiger partial charge in [-0.1, -0.05) is 0 Å². The van der Waals surface area contributed by atoms with Crippen LogP contribution in [0.1, 0.15) is 10.4 Å². The average Bonchev–Trinajstić information content (AvgIpc) is 2.96. The van der Waals surface area contributed by atoms with Gasteiger partial charge in [-0.2, -0.15) is 4.36 Å². The van der Waals surface area contributed by atoms with Crippen molar-refractivity contribution in [3.05, 3.63) is 42.1 Å². The number of fused-ring (bicyclic) bond motifs is 1. The number of hydrogen-bond donors (Lipinski definition) is 3. The number of amides is 2. The first-order chi connectivity index (χ1) is 12.6. The van der Waals surface area contributed by atoms with Gasteiger partial charge in [-0.25, -0.2) is 14.0 Å². The number of aromatic nitrogens is 1. The van der Waals surface area contributed by atoms with Gasteiger partial charge in [0.15, 0.2) is 0 Å². The normalized spacial score (nSPS) is 11.3. The Balaban J connectivity index is 2.05. The number of pyridine rings is 1. The second kappa shape index (κ2) is 6.97. The van der Waals surface area contributed by atoms with E-state index in [1.165, 1.54) is 30.0 Å². The van der Waals surface area contributed by atoms with E-state index in [0.29, 0.717) is 11.3 Å². The van der Waals surface area contributed by atoms with Gasteiger partial charge >= 0.3 is 6.09 Å². The van der Waals surface area contributed by atoms with E-state index < -0.39 is 21.7 Å². The van der Waals surface area contributed by atoms with Crippen LogP contribution in [-0.2, 0) is 9.73 Å². The lowest BCUT2D eigenvalue weighted by Crippen LogP contribution is -2.06. The molecular weight excluding hydrogens is 388 g/mol. The summed E-state index contributed by atoms with van der Waals surface area (Å²) in [5, 5.41) is 12.0. The number of carboxylic acid groups (broad SMARTS) is 1. The van der Waals surface area contributed by atoms with Crippen molar-refractivity contribution in [2.24, 2.45) is 4.36 Å². The molecule has 2 heterocycles. The zero-order chi connectivity index (χ0) is 19.8. The fourth-order valence-corrected chi connectivity index (χ4v) is 3.99. The van der Waals surface area contributed by atoms with Crippen LogP contribution in [0.15, 0.2) is 40.9 Å². The van der Waals surface area contributed by atoms with Crippen LogP contribution in [0.3, 0.4) is 0 Å². The number of rotatable bonds is 3. The van der Waals surface area contributed by atoms with Crippen molar-refractivity contribution in [1.29, 1.82) is 0 Å². The Morgan fingerprint density at radius 1 is 1.26 bits per heavy atom. The van der Waals surface area contributed by atoms with Gasteiger partial charge in [0.1, 0.15) is 5.82 Å². The van der Waals surface area contributed by atoms with Crippen LogP contribution >= 0.6 is 11.3 Å². The molecule has 2 aromatic heterocycles. The fraction of sp³-hybridized carbons (Fsp3) is 0.118. The number of anilines is 2. The van der Waals surface area contributed by atoms with Crippen LogP contribution < -0.4 is 11.1 Å². The Hall–Kier alpha value is -2.98. The molecule has 4 N–H and O–H groups in total. The molecule has 140 valence electrons. The van der Waals surface area contributed by atoms with Crippen LogP contribution in [0.5, 0.6) is 0 Å². The minimum absolute atomic E-state index is 0.196. The summed E-state index contributed by atoms with van der Waals surface area (Å²) >= 11 is 1.43. The minimum Gasteiger partial charge on any atom is -0.465 e. The summed E-state index contributed by atoms with van der Waals surface area (Å²) in [6, 6.07) is 8.58. The van der Waals surface area contributed by atoms with Crippen LogP contribution in [0, 0.1) is 0 Å². The van der Waals surface area contributed by atoms with Gasteiger partial charge in [-0.05, 0) is 35.7 Å². The maximum atomic E-state index is 12.2. The number of hydrogen-bond acceptors (Lipinski definition) is 6. The van der Waals surface area contributed by atoms with E-state index >= 15 is 0 Å². The van der Waals surface area contributed by atoms with Crippen LogP contribution in [0.25, 0.3) is 20.5 Å². The zero-order valence-electron chi connectivity index (χ0n) is 14.4. The second-order valence-electron chi connectivity index (χ2n) is 6.03. The van der Waals surface area contributed by atoms with Crippen molar-refractivity contribution < 1.29 is 18.9 Å². The highest BCUT2D eigenvalue weighted by Gasteiger charge is 2.14. The van der Waals surface area contributed by atoms with E-state index in [-0.39, 0.29) is 11.4 Å². The Bertz CT molecular complexity index is 1180. The van der Waals surface area contributed by atoms with Crippen molar-refractivity contribution in [3.63, 3.8) is 0 Å². The first kappa shape index (κ1) is 18.8. The van der Waals surface area contributed by atoms with Crippen molar-refractivity contribution in [3.8, 4) is 10.4 Å². The molecule has 0 fully saturated rings. The molecule has 0 aliphatic rings. The quantitative estimate of drug-likeness (QED) is 0.611. The SMILES string of the molecule is CS(C)(=O)=NC(=O)c1cnc(N)c(-c2cc3cc(NC(=O)O)ccc3s2)c1. The molecule has 10 heteroatoms. The van der Waals surface area contributed by atoms with Crippen molar-refractivity contribution >= 4 is 54.7 Å². The van der Waals surface area contributed by atoms with Gasteiger partial charge in [0.2, 0.25) is 0 Å². The third-order valence-corrected chi connectivity index (χ3v) is 5.26. The fourth-order valence-electron chi connectivity index (χ4n) is 2.42. The standard InChI is InChI=1S/C17H16N4O4S2/c1-27(2,25)21-16(22)10-6-12(15(18)19-8-10)14-7-9-5-11(20-17(23)24)3-4-13(9)26-14/h3-8,20H,1-2H3,(H2,18,19)(H,23,24). The number of thiophene rings is 1. The molecule has 0 saturated heterocycles. The molecule has 0 aliphatic heterocycles. The summed E-state index contributed by atoms with van der Waals surface area (Å²) in [4.78, 5) is 27.8. The Labute approximate surface area is 159 Å². The summed E-state index contributed by atoms with van der Waals surface area (Å²) in [5.41, 5.74) is 7.18. The minimum atomic E-state index is -2.58. The molecule has 27 heavy (non-hydrogen) atoms. The lowest BCUT2D eigenvalue weighted by Gasteiger charge is -2.04. The zero-order valence-corrected chi connectivity index (χ0v) is 16.1. The van der Waals surface area contributed by atoms with E-state index in [1.54, 1.807) is 24.3 Å². The highest BCUT2D eigenvalue weighted by Crippen LogP contribution is 2.37. The third kappa shape index (κ3) is 4.41. The molecule has 0 atom stereocenters. The molecular formula is C17H16N4O4S2. The molecule has 1 aromatic carbocycles. The Kier molecular flexibility index (Phi) is 4.85. The maximum Gasteiger partial charge on any atom is 0.409 e. The van der Waals surface area contributed by atoms with Crippen LogP contribution in [0.2, 0.25) is 0 Å². The summed E-state index contributed by atoms with van der Waals surface area (Å²) in [7, 11) is -2.58. The van der Waals surface area contributed by atoms with E-state index in [9.17, 15) is 13.8 Å². The van der Waals surface area contributed by atoms with Gasteiger partial charge < -0.3 is 10.8 Å². The summed E-state index contributed by atoms with van der Waals surface area (Å²) in [6.45, 7) is 0. The van der Waals surface area contributed by atoms with E-state index in [1.807, 2.05) is 6.07 Å². The summed E-state index contributed by atoms with van der Waals surface area (Å²) in [5.74, 6) is -0.372. The maximum absolute atomic E-state index is 12.2. The largest absolute Gasteiger partial charge is 0.465 e. The molecule has 0 spiro atoms. The molecule has 0 saturated carbocycles. The highest BCUT2D eigenvalue weighted by atomic mass is 32.2. The van der Waals surface area contributed by atoms with Crippen molar-refractivity contribution in [2.45, 2.75) is 0 Å². The third-order valence-electron chi connectivity index (χ3n) is 3.50. The van der Waals surface area contributed by atoms with E-state index in [4.69, 9.17) is 10.8 Å². The van der Waals surface area contributed by atoms with Crippen molar-refractivity contribution in [1.82, 2.24) is 4.98 Å². The second-order valence-corrected chi connectivity index (χ2v) is 9.66. The first-order valence-corrected chi connectivity index (χ1v) is 10.8. The van der Waals surface area contributed by atoms with Gasteiger partial charge in [0.25, 0.3) is 5.91 Å². The van der Waals surface area contributed by atoms with Gasteiger partial charge in [-0.15, -0.1) is 11.3 Å². The first-order valence-electron chi connectivity index (χ1n) is 7.63. The predicted molar refractivity (Wildman–Crippen MR) is 108 cm³/mol. The van der Waals surface area contributed by atoms with Crippen LogP contribution in [0.4, 0.5) is 16.3 Å². The smallest absolute Gasteiger partial charge is 0.409 e. The molecule has 3 rings (SSSR count). The number of nitrogen functional groups attached to an aromatic ring is 1. The van der Waals surface area contributed by atoms with Gasteiger partial charge in [0, 0.05) is 49.3 Å². The van der Waals surface area contributed by atoms with E-state index in [0.717, 1.165) is 15.0 Å². The number of nitrogens with two attached hydrogens (primary N) is 1. The molecule has 0 bridgehead atoms. The number of carbonyl (C=O) groups excluding carboxylic acids is 1. The topological polar surface area (TPSA) is 135 Å². The Morgan fingerprint density at radius 2 is 2.00 bits per heavy atom. The monoisotopic (exact) mass is 404 g/mol. The number of carbonyl (C=O) groups is 2. The van der Waals surface area contributed by atoms with Crippen LogP contribution in [-0.4, -0.2) is 38.8 Å². The number of nitrogens with one attached hydrogen (secondary N) is 1. The molecule has 8 nitrogen and oxygen atoms in total. The Morgan fingerprint density at radius 3 is 2.67 bits per heavy atom.